The number of carbonyl (C=O) groups excluding carboxylic acids is 1. The summed E-state index contributed by atoms with van der Waals surface area (Å²) in [5, 5.41) is 6.79. The van der Waals surface area contributed by atoms with Crippen LogP contribution in [0.3, 0.4) is 0 Å². The molecule has 118 valence electrons. The number of fused-ring (bicyclic) bond motifs is 1. The summed E-state index contributed by atoms with van der Waals surface area (Å²) >= 11 is 1.64. The topological polar surface area (TPSA) is 44.9 Å². The van der Waals surface area contributed by atoms with E-state index >= 15 is 0 Å². The van der Waals surface area contributed by atoms with Gasteiger partial charge in [-0.25, -0.2) is 0 Å². The van der Waals surface area contributed by atoms with Crippen molar-refractivity contribution in [3.05, 3.63) is 71.2 Å². The quantitative estimate of drug-likeness (QED) is 0.467. The largest absolute Gasteiger partial charge is 0.361 e. The van der Waals surface area contributed by atoms with Crippen LogP contribution in [-0.2, 0) is 0 Å². The van der Waals surface area contributed by atoms with E-state index in [-0.39, 0.29) is 0 Å². The van der Waals surface area contributed by atoms with Gasteiger partial charge in [0, 0.05) is 49.9 Å². The maximum absolute atomic E-state index is 11.2. The van der Waals surface area contributed by atoms with E-state index in [9.17, 15) is 4.79 Å². The summed E-state index contributed by atoms with van der Waals surface area (Å²) in [6, 6.07) is 16.0. The molecule has 24 heavy (non-hydrogen) atoms. The van der Waals surface area contributed by atoms with Crippen LogP contribution in [0.5, 0.6) is 0 Å². The lowest BCUT2D eigenvalue weighted by atomic mass is 10.1. The average Bonchev–Trinajstić information content (AvgIpc) is 3.27. The van der Waals surface area contributed by atoms with E-state index in [4.69, 9.17) is 0 Å². The molecule has 4 rings (SSSR count). The highest BCUT2D eigenvalue weighted by Gasteiger charge is 2.09. The zero-order chi connectivity index (χ0) is 16.5. The first-order valence-corrected chi connectivity index (χ1v) is 8.61. The Bertz CT molecular complexity index is 1030. The molecule has 0 radical (unpaired) electrons. The maximum atomic E-state index is 11.2. The lowest BCUT2D eigenvalue weighted by molar-refractivity contribution is 0.112. The van der Waals surface area contributed by atoms with Crippen LogP contribution in [0.4, 0.5) is 11.4 Å². The predicted molar refractivity (Wildman–Crippen MR) is 101 cm³/mol. The number of hydrogen-bond acceptors (Lipinski definition) is 3. The monoisotopic (exact) mass is 332 g/mol. The Morgan fingerprint density at radius 1 is 1.12 bits per heavy atom. The molecule has 2 aromatic carbocycles. The molecule has 0 amide bonds. The van der Waals surface area contributed by atoms with Crippen LogP contribution in [0.2, 0.25) is 0 Å². The molecule has 0 unspecified atom stereocenters. The van der Waals surface area contributed by atoms with E-state index in [1.54, 1.807) is 11.3 Å². The van der Waals surface area contributed by atoms with E-state index in [0.29, 0.717) is 0 Å². The van der Waals surface area contributed by atoms with Gasteiger partial charge in [-0.05, 0) is 36.8 Å². The average molecular weight is 332 g/mol. The Balaban J connectivity index is 1.67. The van der Waals surface area contributed by atoms with Crippen molar-refractivity contribution in [3.8, 4) is 10.4 Å². The van der Waals surface area contributed by atoms with Gasteiger partial charge in [-0.1, -0.05) is 24.3 Å². The Morgan fingerprint density at radius 2 is 2.00 bits per heavy atom. The van der Waals surface area contributed by atoms with Gasteiger partial charge in [-0.3, -0.25) is 4.79 Å². The van der Waals surface area contributed by atoms with Crippen molar-refractivity contribution in [2.24, 2.45) is 0 Å². The molecule has 2 N–H and O–H groups in total. The summed E-state index contributed by atoms with van der Waals surface area (Å²) in [6.45, 7) is 2.12. The third kappa shape index (κ3) is 2.51. The summed E-state index contributed by atoms with van der Waals surface area (Å²) in [4.78, 5) is 15.5. The lowest BCUT2D eigenvalue weighted by Gasteiger charge is -2.09. The number of H-pyrrole nitrogens is 1. The van der Waals surface area contributed by atoms with Crippen molar-refractivity contribution in [2.45, 2.75) is 6.92 Å². The number of aromatic nitrogens is 1. The second kappa shape index (κ2) is 5.98. The van der Waals surface area contributed by atoms with E-state index in [1.807, 2.05) is 30.5 Å². The van der Waals surface area contributed by atoms with Crippen molar-refractivity contribution < 1.29 is 4.79 Å². The Kier molecular flexibility index (Phi) is 3.67. The summed E-state index contributed by atoms with van der Waals surface area (Å²) in [7, 11) is 0. The van der Waals surface area contributed by atoms with E-state index in [2.05, 4.69) is 46.9 Å². The van der Waals surface area contributed by atoms with Gasteiger partial charge < -0.3 is 10.3 Å². The zero-order valence-corrected chi connectivity index (χ0v) is 14.0. The molecule has 0 spiro atoms. The van der Waals surface area contributed by atoms with Crippen LogP contribution in [0.25, 0.3) is 21.3 Å². The molecule has 0 saturated carbocycles. The van der Waals surface area contributed by atoms with Crippen LogP contribution in [0, 0.1) is 6.92 Å². The van der Waals surface area contributed by atoms with Gasteiger partial charge in [0.1, 0.15) is 0 Å². The fourth-order valence-electron chi connectivity index (χ4n) is 2.94. The Labute approximate surface area is 144 Å². The van der Waals surface area contributed by atoms with Crippen LogP contribution in [0.15, 0.2) is 60.1 Å². The second-order valence-electron chi connectivity index (χ2n) is 5.71. The first kappa shape index (κ1) is 14.7. The minimum Gasteiger partial charge on any atom is -0.361 e. The fraction of sp³-hybridized carbons (Fsp3) is 0.0500. The molecular formula is C20H16N2OS. The third-order valence-electron chi connectivity index (χ3n) is 4.24. The number of carbonyl (C=O) groups is 1. The molecule has 0 aliphatic heterocycles. The van der Waals surface area contributed by atoms with Crippen LogP contribution in [-0.4, -0.2) is 11.3 Å². The molecule has 0 atom stereocenters. The highest BCUT2D eigenvalue weighted by atomic mass is 32.1. The van der Waals surface area contributed by atoms with E-state index in [0.717, 1.165) is 39.2 Å². The molecule has 4 heteroatoms. The summed E-state index contributed by atoms with van der Waals surface area (Å²) in [5.41, 5.74) is 6.18. The van der Waals surface area contributed by atoms with Crippen molar-refractivity contribution in [1.82, 2.24) is 4.98 Å². The molecule has 0 aliphatic carbocycles. The Hall–Kier alpha value is -2.85. The molecule has 0 saturated heterocycles. The summed E-state index contributed by atoms with van der Waals surface area (Å²) in [5.74, 6) is 0. The molecule has 2 heterocycles. The van der Waals surface area contributed by atoms with Crippen LogP contribution in [0.1, 0.15) is 15.9 Å². The lowest BCUT2D eigenvalue weighted by Crippen LogP contribution is -1.91. The standard InChI is InChI=1S/C20H16N2OS/c1-13-16-8-9-21-19(16)7-6-18(13)22-15-10-20(24-12-15)17-5-3-2-4-14(17)11-23/h2-12,21-22H,1H3. The molecule has 0 aliphatic rings. The normalized spacial score (nSPS) is 10.9. The van der Waals surface area contributed by atoms with Crippen molar-refractivity contribution in [1.29, 1.82) is 0 Å². The SMILES string of the molecule is Cc1c(Nc2csc(-c3ccccc3C=O)c2)ccc2[nH]ccc12. The molecule has 4 aromatic rings. The maximum Gasteiger partial charge on any atom is 0.150 e. The number of nitrogens with one attached hydrogen (secondary N) is 2. The first-order chi connectivity index (χ1) is 11.8. The smallest absolute Gasteiger partial charge is 0.150 e. The number of aromatic amines is 1. The fourth-order valence-corrected chi connectivity index (χ4v) is 3.83. The highest BCUT2D eigenvalue weighted by Crippen LogP contribution is 2.34. The van der Waals surface area contributed by atoms with Gasteiger partial charge >= 0.3 is 0 Å². The third-order valence-corrected chi connectivity index (χ3v) is 5.20. The van der Waals surface area contributed by atoms with Gasteiger partial charge in [0.25, 0.3) is 0 Å². The van der Waals surface area contributed by atoms with Crippen molar-refractivity contribution >= 4 is 39.9 Å². The predicted octanol–water partition coefficient (Wildman–Crippen LogP) is 5.76. The minimum absolute atomic E-state index is 0.718. The molecule has 0 bridgehead atoms. The van der Waals surface area contributed by atoms with Gasteiger partial charge in [-0.2, -0.15) is 0 Å². The number of hydrogen-bond donors (Lipinski definition) is 2. The van der Waals surface area contributed by atoms with E-state index in [1.165, 1.54) is 10.9 Å². The minimum atomic E-state index is 0.718. The van der Waals surface area contributed by atoms with Gasteiger partial charge in [0.2, 0.25) is 0 Å². The van der Waals surface area contributed by atoms with Crippen molar-refractivity contribution in [3.63, 3.8) is 0 Å². The highest BCUT2D eigenvalue weighted by molar-refractivity contribution is 7.14. The first-order valence-electron chi connectivity index (χ1n) is 7.73. The van der Waals surface area contributed by atoms with Crippen LogP contribution >= 0.6 is 11.3 Å². The number of thiophene rings is 1. The number of benzene rings is 2. The number of anilines is 2. The number of aldehydes is 1. The zero-order valence-electron chi connectivity index (χ0n) is 13.2. The number of aryl methyl sites for hydroxylation is 1. The molecule has 0 fully saturated rings. The van der Waals surface area contributed by atoms with E-state index < -0.39 is 0 Å². The summed E-state index contributed by atoms with van der Waals surface area (Å²) in [6.07, 6.45) is 2.87. The summed E-state index contributed by atoms with van der Waals surface area (Å²) < 4.78 is 0. The van der Waals surface area contributed by atoms with Crippen LogP contribution < -0.4 is 5.32 Å². The van der Waals surface area contributed by atoms with Gasteiger partial charge in [-0.15, -0.1) is 11.3 Å². The second-order valence-corrected chi connectivity index (χ2v) is 6.62. The van der Waals surface area contributed by atoms with Gasteiger partial charge in [0.05, 0.1) is 0 Å². The molecule has 2 aromatic heterocycles. The molecule has 3 nitrogen and oxygen atoms in total. The number of rotatable bonds is 4. The Morgan fingerprint density at radius 3 is 2.88 bits per heavy atom. The van der Waals surface area contributed by atoms with Gasteiger partial charge in [0.15, 0.2) is 6.29 Å². The van der Waals surface area contributed by atoms with Crippen molar-refractivity contribution in [2.75, 3.05) is 5.32 Å². The molecular weight excluding hydrogens is 316 g/mol.